The predicted molar refractivity (Wildman–Crippen MR) is 74.1 cm³/mol. The van der Waals surface area contributed by atoms with E-state index in [1.807, 2.05) is 27.7 Å². The smallest absolute Gasteiger partial charge is 0.429 e. The topological polar surface area (TPSA) is 44.8 Å². The van der Waals surface area contributed by atoms with E-state index in [2.05, 4.69) is 19.1 Å². The van der Waals surface area contributed by atoms with Crippen molar-refractivity contribution in [2.45, 2.75) is 77.8 Å². The molecule has 1 rings (SSSR count). The van der Waals surface area contributed by atoms with E-state index in [4.69, 9.17) is 14.2 Å². The molecule has 3 unspecified atom stereocenters. The molecule has 1 aliphatic rings. The molecule has 0 spiro atoms. The number of carbonyl (C=O) groups is 1. The fourth-order valence-electron chi connectivity index (χ4n) is 2.05. The van der Waals surface area contributed by atoms with Crippen LogP contribution < -0.4 is 0 Å². The number of rotatable bonds is 4. The number of ether oxygens (including phenoxy) is 3. The predicted octanol–water partition coefficient (Wildman–Crippen LogP) is 3.84. The largest absolute Gasteiger partial charge is 0.509 e. The van der Waals surface area contributed by atoms with Gasteiger partial charge in [0.1, 0.15) is 11.7 Å². The van der Waals surface area contributed by atoms with Crippen LogP contribution in [0.2, 0.25) is 0 Å². The number of hydrogen-bond donors (Lipinski definition) is 0. The SMILES string of the molecule is CCC=CCC1OC(C)CC1OC(=O)OC(C)(C)C. The first kappa shape index (κ1) is 16.0. The van der Waals surface area contributed by atoms with Crippen molar-refractivity contribution in [1.29, 1.82) is 0 Å². The molecule has 0 amide bonds. The van der Waals surface area contributed by atoms with Gasteiger partial charge in [0.05, 0.1) is 12.2 Å². The zero-order chi connectivity index (χ0) is 14.5. The minimum absolute atomic E-state index is 0.0645. The van der Waals surface area contributed by atoms with E-state index >= 15 is 0 Å². The summed E-state index contributed by atoms with van der Waals surface area (Å²) >= 11 is 0. The number of carbonyl (C=O) groups excluding carboxylic acids is 1. The zero-order valence-electron chi connectivity index (χ0n) is 12.6. The first-order valence-corrected chi connectivity index (χ1v) is 7.02. The average molecular weight is 270 g/mol. The maximum atomic E-state index is 11.7. The normalized spacial score (nSPS) is 27.7. The minimum atomic E-state index is -0.611. The molecule has 1 saturated heterocycles. The van der Waals surface area contributed by atoms with E-state index < -0.39 is 11.8 Å². The second-order valence-electron chi connectivity index (χ2n) is 5.96. The summed E-state index contributed by atoms with van der Waals surface area (Å²) in [5.41, 5.74) is -0.528. The molecular formula is C15H26O4. The average Bonchev–Trinajstić information content (AvgIpc) is 2.56. The maximum Gasteiger partial charge on any atom is 0.509 e. The van der Waals surface area contributed by atoms with Crippen molar-refractivity contribution in [3.05, 3.63) is 12.2 Å². The van der Waals surface area contributed by atoms with Gasteiger partial charge in [-0.3, -0.25) is 0 Å². The van der Waals surface area contributed by atoms with Gasteiger partial charge in [-0.1, -0.05) is 19.1 Å². The molecular weight excluding hydrogens is 244 g/mol. The molecule has 0 aromatic heterocycles. The van der Waals surface area contributed by atoms with Gasteiger partial charge in [0.2, 0.25) is 0 Å². The molecule has 1 heterocycles. The highest BCUT2D eigenvalue weighted by atomic mass is 16.7. The Morgan fingerprint density at radius 2 is 2.05 bits per heavy atom. The summed E-state index contributed by atoms with van der Waals surface area (Å²) in [5.74, 6) is 0. The van der Waals surface area contributed by atoms with E-state index in [1.165, 1.54) is 0 Å². The quantitative estimate of drug-likeness (QED) is 0.575. The lowest BCUT2D eigenvalue weighted by molar-refractivity contribution is -0.0463. The summed E-state index contributed by atoms with van der Waals surface area (Å²) in [4.78, 5) is 11.7. The highest BCUT2D eigenvalue weighted by Crippen LogP contribution is 2.26. The van der Waals surface area contributed by atoms with Crippen LogP contribution in [0.5, 0.6) is 0 Å². The van der Waals surface area contributed by atoms with Gasteiger partial charge >= 0.3 is 6.16 Å². The van der Waals surface area contributed by atoms with Crippen LogP contribution in [0.15, 0.2) is 12.2 Å². The van der Waals surface area contributed by atoms with Crippen LogP contribution in [-0.2, 0) is 14.2 Å². The standard InChI is InChI=1S/C15H26O4/c1-6-7-8-9-12-13(10-11(2)17-12)18-14(16)19-15(3,4)5/h7-8,11-13H,6,9-10H2,1-5H3. The molecule has 0 N–H and O–H groups in total. The first-order chi connectivity index (χ1) is 8.81. The van der Waals surface area contributed by atoms with Crippen LogP contribution in [0.25, 0.3) is 0 Å². The van der Waals surface area contributed by atoms with Gasteiger partial charge in [0.15, 0.2) is 0 Å². The van der Waals surface area contributed by atoms with Gasteiger partial charge in [-0.15, -0.1) is 0 Å². The van der Waals surface area contributed by atoms with E-state index in [-0.39, 0.29) is 18.3 Å². The van der Waals surface area contributed by atoms with Crippen molar-refractivity contribution in [3.63, 3.8) is 0 Å². The summed E-state index contributed by atoms with van der Waals surface area (Å²) in [6.07, 6.45) is 5.89. The van der Waals surface area contributed by atoms with Crippen molar-refractivity contribution in [3.8, 4) is 0 Å². The van der Waals surface area contributed by atoms with Gasteiger partial charge in [-0.2, -0.15) is 0 Å². The fourth-order valence-corrected chi connectivity index (χ4v) is 2.05. The highest BCUT2D eigenvalue weighted by molar-refractivity contribution is 5.60. The molecule has 0 aromatic rings. The molecule has 0 bridgehead atoms. The number of hydrogen-bond acceptors (Lipinski definition) is 4. The Hall–Kier alpha value is -1.03. The molecule has 3 atom stereocenters. The van der Waals surface area contributed by atoms with Gasteiger partial charge < -0.3 is 14.2 Å². The summed E-state index contributed by atoms with van der Waals surface area (Å²) in [6.45, 7) is 9.55. The Kier molecular flexibility index (Phi) is 5.85. The van der Waals surface area contributed by atoms with Gasteiger partial charge in [-0.05, 0) is 40.5 Å². The van der Waals surface area contributed by atoms with Gasteiger partial charge in [0, 0.05) is 6.42 Å². The summed E-state index contributed by atoms with van der Waals surface area (Å²) in [6, 6.07) is 0. The van der Waals surface area contributed by atoms with Crippen molar-refractivity contribution >= 4 is 6.16 Å². The molecule has 19 heavy (non-hydrogen) atoms. The summed E-state index contributed by atoms with van der Waals surface area (Å²) < 4.78 is 16.3. The molecule has 110 valence electrons. The van der Waals surface area contributed by atoms with Crippen LogP contribution >= 0.6 is 0 Å². The lowest BCUT2D eigenvalue weighted by atomic mass is 10.1. The van der Waals surface area contributed by atoms with Crippen LogP contribution in [0.3, 0.4) is 0 Å². The van der Waals surface area contributed by atoms with Crippen molar-refractivity contribution in [1.82, 2.24) is 0 Å². The van der Waals surface area contributed by atoms with Crippen LogP contribution in [-0.4, -0.2) is 30.1 Å². The number of allylic oxidation sites excluding steroid dienone is 1. The summed E-state index contributed by atoms with van der Waals surface area (Å²) in [5, 5.41) is 0. The highest BCUT2D eigenvalue weighted by Gasteiger charge is 2.36. The molecule has 1 aliphatic heterocycles. The van der Waals surface area contributed by atoms with E-state index in [0.717, 1.165) is 19.3 Å². The Balaban J connectivity index is 2.49. The third-order valence-electron chi connectivity index (χ3n) is 2.79. The zero-order valence-corrected chi connectivity index (χ0v) is 12.6. The summed E-state index contributed by atoms with van der Waals surface area (Å²) in [7, 11) is 0. The van der Waals surface area contributed by atoms with Gasteiger partial charge in [-0.25, -0.2) is 4.79 Å². The van der Waals surface area contributed by atoms with E-state index in [0.29, 0.717) is 0 Å². The van der Waals surface area contributed by atoms with Crippen LogP contribution in [0.1, 0.15) is 53.9 Å². The lowest BCUT2D eigenvalue weighted by Gasteiger charge is -2.22. The first-order valence-electron chi connectivity index (χ1n) is 7.02. The van der Waals surface area contributed by atoms with Crippen LogP contribution in [0, 0.1) is 0 Å². The molecule has 4 heteroatoms. The van der Waals surface area contributed by atoms with E-state index in [1.54, 1.807) is 0 Å². The Morgan fingerprint density at radius 3 is 2.63 bits per heavy atom. The Bertz CT molecular complexity index is 317. The lowest BCUT2D eigenvalue weighted by Crippen LogP contribution is -2.31. The molecule has 0 saturated carbocycles. The van der Waals surface area contributed by atoms with Crippen LogP contribution in [0.4, 0.5) is 4.79 Å². The van der Waals surface area contributed by atoms with Crippen molar-refractivity contribution in [2.75, 3.05) is 0 Å². The Labute approximate surface area is 116 Å². The molecule has 0 aliphatic carbocycles. The van der Waals surface area contributed by atoms with Crippen molar-refractivity contribution < 1.29 is 19.0 Å². The maximum absolute atomic E-state index is 11.7. The third kappa shape index (κ3) is 6.10. The van der Waals surface area contributed by atoms with E-state index in [9.17, 15) is 4.79 Å². The molecule has 4 nitrogen and oxygen atoms in total. The molecule has 0 aromatic carbocycles. The fraction of sp³-hybridized carbons (Fsp3) is 0.800. The molecule has 0 radical (unpaired) electrons. The monoisotopic (exact) mass is 270 g/mol. The third-order valence-corrected chi connectivity index (χ3v) is 2.79. The second-order valence-corrected chi connectivity index (χ2v) is 5.96. The van der Waals surface area contributed by atoms with Gasteiger partial charge in [0.25, 0.3) is 0 Å². The second kappa shape index (κ2) is 6.94. The molecule has 1 fully saturated rings. The minimum Gasteiger partial charge on any atom is -0.429 e. The Morgan fingerprint density at radius 1 is 1.37 bits per heavy atom. The van der Waals surface area contributed by atoms with Crippen molar-refractivity contribution in [2.24, 2.45) is 0 Å².